The van der Waals surface area contributed by atoms with Gasteiger partial charge in [0.1, 0.15) is 12.3 Å². The molecule has 1 atom stereocenters. The maximum atomic E-state index is 12.5. The van der Waals surface area contributed by atoms with Crippen molar-refractivity contribution in [1.29, 1.82) is 0 Å². The van der Waals surface area contributed by atoms with E-state index in [-0.39, 0.29) is 42.5 Å². The van der Waals surface area contributed by atoms with E-state index in [1.165, 1.54) is 12.8 Å². The number of guanidine groups is 1. The molecule has 3 heterocycles. The number of carbonyl (C=O) groups is 1. The van der Waals surface area contributed by atoms with Gasteiger partial charge in [-0.1, -0.05) is 6.07 Å². The zero-order chi connectivity index (χ0) is 21.9. The molecule has 0 bridgehead atoms. The number of amides is 1. The predicted octanol–water partition coefficient (Wildman–Crippen LogP) is 2.69. The van der Waals surface area contributed by atoms with Gasteiger partial charge in [-0.25, -0.2) is 4.99 Å². The number of furan rings is 1. The molecule has 176 valence electrons. The molecular weight excluding hydrogens is 519 g/mol. The van der Waals surface area contributed by atoms with Crippen LogP contribution in [0.4, 0.5) is 0 Å². The van der Waals surface area contributed by atoms with Crippen molar-refractivity contribution in [1.82, 2.24) is 25.4 Å². The SMILES string of the molecule is CCNC(=NCC(=O)N(C)CCc1ccccn1)NCC(c1ccco1)N1CCCC1.I. The van der Waals surface area contributed by atoms with Gasteiger partial charge in [0, 0.05) is 45.0 Å². The molecule has 3 rings (SSSR count). The molecule has 2 aromatic rings. The predicted molar refractivity (Wildman–Crippen MR) is 137 cm³/mol. The molecule has 1 aliphatic heterocycles. The van der Waals surface area contributed by atoms with Crippen LogP contribution >= 0.6 is 24.0 Å². The average molecular weight is 554 g/mol. The number of likely N-dealkylation sites (N-methyl/N-ethyl adjacent to an activating group) is 1. The van der Waals surface area contributed by atoms with E-state index in [2.05, 4.69) is 25.5 Å². The van der Waals surface area contributed by atoms with Crippen LogP contribution in [-0.2, 0) is 11.2 Å². The quantitative estimate of drug-likeness (QED) is 0.267. The monoisotopic (exact) mass is 554 g/mol. The minimum Gasteiger partial charge on any atom is -0.468 e. The summed E-state index contributed by atoms with van der Waals surface area (Å²) < 4.78 is 5.69. The van der Waals surface area contributed by atoms with Gasteiger partial charge in [0.15, 0.2) is 5.96 Å². The normalized spacial score (nSPS) is 15.1. The largest absolute Gasteiger partial charge is 0.468 e. The zero-order valence-corrected chi connectivity index (χ0v) is 21.3. The molecule has 8 nitrogen and oxygen atoms in total. The number of hydrogen-bond acceptors (Lipinski definition) is 5. The number of nitrogens with one attached hydrogen (secondary N) is 2. The summed E-state index contributed by atoms with van der Waals surface area (Å²) in [7, 11) is 1.81. The lowest BCUT2D eigenvalue weighted by atomic mass is 10.2. The number of pyridine rings is 1. The molecule has 9 heteroatoms. The lowest BCUT2D eigenvalue weighted by Gasteiger charge is -2.26. The Bertz CT molecular complexity index is 809. The maximum absolute atomic E-state index is 12.5. The Morgan fingerprint density at radius 1 is 1.25 bits per heavy atom. The Morgan fingerprint density at radius 2 is 2.06 bits per heavy atom. The molecule has 1 saturated heterocycles. The Hall–Kier alpha value is -2.14. The van der Waals surface area contributed by atoms with Crippen molar-refractivity contribution >= 4 is 35.8 Å². The van der Waals surface area contributed by atoms with E-state index in [0.29, 0.717) is 19.0 Å². The smallest absolute Gasteiger partial charge is 0.244 e. The van der Waals surface area contributed by atoms with Gasteiger partial charge in [-0.3, -0.25) is 14.7 Å². The molecule has 1 aliphatic rings. The zero-order valence-electron chi connectivity index (χ0n) is 19.0. The van der Waals surface area contributed by atoms with E-state index in [4.69, 9.17) is 4.42 Å². The van der Waals surface area contributed by atoms with Crippen LogP contribution < -0.4 is 10.6 Å². The van der Waals surface area contributed by atoms with E-state index in [1.807, 2.05) is 44.3 Å². The van der Waals surface area contributed by atoms with Crippen molar-refractivity contribution in [3.63, 3.8) is 0 Å². The highest BCUT2D eigenvalue weighted by molar-refractivity contribution is 14.0. The van der Waals surface area contributed by atoms with E-state index < -0.39 is 0 Å². The summed E-state index contributed by atoms with van der Waals surface area (Å²) in [5.41, 5.74) is 0.978. The minimum absolute atomic E-state index is 0. The van der Waals surface area contributed by atoms with Gasteiger partial charge >= 0.3 is 0 Å². The van der Waals surface area contributed by atoms with Gasteiger partial charge in [0.05, 0.1) is 12.3 Å². The van der Waals surface area contributed by atoms with Gasteiger partial charge in [-0.05, 0) is 57.1 Å². The number of nitrogens with zero attached hydrogens (tertiary/aromatic N) is 4. The molecule has 1 fully saturated rings. The molecule has 0 saturated carbocycles. The standard InChI is InChI=1S/C23H34N6O2.HI/c1-3-24-23(26-17-20(21-10-8-16-31-21)29-13-6-7-14-29)27-18-22(30)28(2)15-11-19-9-4-5-12-25-19;/h4-5,8-10,12,16,20H,3,6-7,11,13-15,17-18H2,1-2H3,(H2,24,26,27);1H. The van der Waals surface area contributed by atoms with Gasteiger partial charge < -0.3 is 20.0 Å². The lowest BCUT2D eigenvalue weighted by Crippen LogP contribution is -2.43. The second-order valence-electron chi connectivity index (χ2n) is 7.74. The summed E-state index contributed by atoms with van der Waals surface area (Å²) in [6.45, 7) is 6.27. The number of rotatable bonds is 10. The number of hydrogen-bond donors (Lipinski definition) is 2. The van der Waals surface area contributed by atoms with E-state index >= 15 is 0 Å². The molecule has 0 spiro atoms. The van der Waals surface area contributed by atoms with Crippen molar-refractivity contribution < 1.29 is 9.21 Å². The Morgan fingerprint density at radius 3 is 2.72 bits per heavy atom. The summed E-state index contributed by atoms with van der Waals surface area (Å²) in [6.07, 6.45) is 6.65. The van der Waals surface area contributed by atoms with Gasteiger partial charge in [-0.15, -0.1) is 24.0 Å². The third-order valence-electron chi connectivity index (χ3n) is 5.49. The Kier molecular flexibility index (Phi) is 11.5. The fraction of sp³-hybridized carbons (Fsp3) is 0.522. The van der Waals surface area contributed by atoms with Crippen LogP contribution in [0.5, 0.6) is 0 Å². The van der Waals surface area contributed by atoms with Crippen LogP contribution in [0.3, 0.4) is 0 Å². The van der Waals surface area contributed by atoms with Crippen LogP contribution in [0.2, 0.25) is 0 Å². The molecule has 1 unspecified atom stereocenters. The molecule has 2 N–H and O–H groups in total. The van der Waals surface area contributed by atoms with Crippen LogP contribution in [0.15, 0.2) is 52.2 Å². The van der Waals surface area contributed by atoms with Crippen molar-refractivity contribution in [3.05, 3.63) is 54.2 Å². The molecule has 0 radical (unpaired) electrons. The highest BCUT2D eigenvalue weighted by Gasteiger charge is 2.25. The topological polar surface area (TPSA) is 86.0 Å². The van der Waals surface area contributed by atoms with E-state index in [0.717, 1.165) is 37.5 Å². The lowest BCUT2D eigenvalue weighted by molar-refractivity contribution is -0.128. The fourth-order valence-electron chi connectivity index (χ4n) is 3.70. The first-order valence-corrected chi connectivity index (χ1v) is 11.1. The summed E-state index contributed by atoms with van der Waals surface area (Å²) >= 11 is 0. The minimum atomic E-state index is -0.0183. The Balaban J connectivity index is 0.00000363. The molecule has 0 aliphatic carbocycles. The van der Waals surface area contributed by atoms with E-state index in [1.54, 1.807) is 17.4 Å². The second kappa shape index (κ2) is 14.1. The number of aliphatic imine (C=N–C) groups is 1. The molecule has 0 aromatic carbocycles. The second-order valence-corrected chi connectivity index (χ2v) is 7.74. The van der Waals surface area contributed by atoms with E-state index in [9.17, 15) is 4.79 Å². The highest BCUT2D eigenvalue weighted by Crippen LogP contribution is 2.24. The maximum Gasteiger partial charge on any atom is 0.244 e. The molecular formula is C23H35IN6O2. The van der Waals surface area contributed by atoms with Crippen LogP contribution in [-0.4, -0.2) is 73.0 Å². The Labute approximate surface area is 207 Å². The van der Waals surface area contributed by atoms with Crippen molar-refractivity contribution in [2.45, 2.75) is 32.2 Å². The third-order valence-corrected chi connectivity index (χ3v) is 5.49. The van der Waals surface area contributed by atoms with Gasteiger partial charge in [0.2, 0.25) is 5.91 Å². The summed E-state index contributed by atoms with van der Waals surface area (Å²) in [5.74, 6) is 1.58. The van der Waals surface area contributed by atoms with Crippen LogP contribution in [0, 0.1) is 0 Å². The highest BCUT2D eigenvalue weighted by atomic mass is 127. The number of halogens is 1. The van der Waals surface area contributed by atoms with Crippen molar-refractivity contribution in [3.8, 4) is 0 Å². The number of aromatic nitrogens is 1. The number of carbonyl (C=O) groups excluding carboxylic acids is 1. The summed E-state index contributed by atoms with van der Waals surface area (Å²) in [4.78, 5) is 25.5. The van der Waals surface area contributed by atoms with Crippen LogP contribution in [0.1, 0.15) is 37.3 Å². The average Bonchev–Trinajstić information content (AvgIpc) is 3.51. The fourth-order valence-corrected chi connectivity index (χ4v) is 3.70. The first kappa shape index (κ1) is 26.1. The van der Waals surface area contributed by atoms with Gasteiger partial charge in [0.25, 0.3) is 0 Å². The first-order chi connectivity index (χ1) is 15.2. The van der Waals surface area contributed by atoms with Gasteiger partial charge in [-0.2, -0.15) is 0 Å². The summed E-state index contributed by atoms with van der Waals surface area (Å²) in [5, 5.41) is 6.63. The molecule has 1 amide bonds. The summed E-state index contributed by atoms with van der Waals surface area (Å²) in [6, 6.07) is 9.92. The number of likely N-dealkylation sites (tertiary alicyclic amines) is 1. The molecule has 32 heavy (non-hydrogen) atoms. The third kappa shape index (κ3) is 8.09. The molecule has 2 aromatic heterocycles. The van der Waals surface area contributed by atoms with Crippen molar-refractivity contribution in [2.24, 2.45) is 4.99 Å². The van der Waals surface area contributed by atoms with Crippen molar-refractivity contribution in [2.75, 3.05) is 46.3 Å². The van der Waals surface area contributed by atoms with Crippen LogP contribution in [0.25, 0.3) is 0 Å². The first-order valence-electron chi connectivity index (χ1n) is 11.1.